The molecule has 33 heavy (non-hydrogen) atoms. The summed E-state index contributed by atoms with van der Waals surface area (Å²) in [5.41, 5.74) is -0.330. The number of benzene rings is 3. The van der Waals surface area contributed by atoms with Crippen molar-refractivity contribution in [1.82, 2.24) is 0 Å². The van der Waals surface area contributed by atoms with E-state index in [4.69, 9.17) is 9.47 Å². The maximum Gasteiger partial charge on any atom is 0.344 e. The number of halogens is 2. The zero-order chi connectivity index (χ0) is 23.3. The highest BCUT2D eigenvalue weighted by atomic mass is 32.2. The summed E-state index contributed by atoms with van der Waals surface area (Å²) in [6.07, 6.45) is 4.83. The van der Waals surface area contributed by atoms with Crippen LogP contribution >= 0.6 is 0 Å². The van der Waals surface area contributed by atoms with Gasteiger partial charge in [-0.3, -0.25) is 0 Å². The molecule has 0 heterocycles. The molecule has 0 radical (unpaired) electrons. The standard InChI is InChI=1S/C27H27F2O3S/c1-2-27(17-3-4-18-27)32-26(30)19-31-22-9-15-25(16-10-22)33(23-11-5-20(28)6-12-23)24-13-7-21(29)8-14-24/h5-16H,2-4,17-19H2,1H3/q+1. The lowest BCUT2D eigenvalue weighted by molar-refractivity contribution is -0.162. The molecule has 0 aromatic heterocycles. The molecule has 0 saturated heterocycles. The summed E-state index contributed by atoms with van der Waals surface area (Å²) in [4.78, 5) is 15.1. The fourth-order valence-corrected chi connectivity index (χ4v) is 6.22. The molecule has 1 aliphatic carbocycles. The van der Waals surface area contributed by atoms with Gasteiger partial charge in [-0.2, -0.15) is 0 Å². The highest BCUT2D eigenvalue weighted by Crippen LogP contribution is 2.36. The topological polar surface area (TPSA) is 35.5 Å². The van der Waals surface area contributed by atoms with Gasteiger partial charge in [0, 0.05) is 0 Å². The van der Waals surface area contributed by atoms with Crippen molar-refractivity contribution >= 4 is 16.9 Å². The van der Waals surface area contributed by atoms with Crippen LogP contribution in [0.15, 0.2) is 87.5 Å². The zero-order valence-electron chi connectivity index (χ0n) is 18.6. The maximum atomic E-state index is 13.5. The fourth-order valence-electron chi connectivity index (χ4n) is 4.18. The van der Waals surface area contributed by atoms with Crippen molar-refractivity contribution in [2.24, 2.45) is 0 Å². The molecule has 172 valence electrons. The van der Waals surface area contributed by atoms with Gasteiger partial charge in [-0.25, -0.2) is 13.6 Å². The number of carbonyl (C=O) groups excluding carboxylic acids is 1. The lowest BCUT2D eigenvalue weighted by atomic mass is 9.99. The molecule has 1 saturated carbocycles. The first-order valence-corrected chi connectivity index (χ1v) is 12.4. The molecule has 3 aromatic rings. The Morgan fingerprint density at radius 1 is 0.818 bits per heavy atom. The smallest absolute Gasteiger partial charge is 0.344 e. The molecule has 0 atom stereocenters. The van der Waals surface area contributed by atoms with Gasteiger partial charge in [0.15, 0.2) is 21.3 Å². The van der Waals surface area contributed by atoms with Crippen LogP contribution in [0.1, 0.15) is 39.0 Å². The second-order valence-corrected chi connectivity index (χ2v) is 10.2. The first-order chi connectivity index (χ1) is 16.0. The molecule has 0 aliphatic heterocycles. The lowest BCUT2D eigenvalue weighted by Gasteiger charge is -2.27. The second-order valence-electron chi connectivity index (χ2n) is 8.19. The van der Waals surface area contributed by atoms with Crippen LogP contribution in [0.4, 0.5) is 8.78 Å². The molecule has 6 heteroatoms. The molecule has 3 nitrogen and oxygen atoms in total. The Bertz CT molecular complexity index is 1010. The Morgan fingerprint density at radius 2 is 1.27 bits per heavy atom. The van der Waals surface area contributed by atoms with Crippen LogP contribution < -0.4 is 4.74 Å². The molecule has 0 N–H and O–H groups in total. The van der Waals surface area contributed by atoms with E-state index in [0.29, 0.717) is 5.75 Å². The largest absolute Gasteiger partial charge is 0.482 e. The SMILES string of the molecule is CCC1(OC(=O)COc2ccc([S+](c3ccc(F)cc3)c3ccc(F)cc3)cc2)CCCC1. The highest BCUT2D eigenvalue weighted by molar-refractivity contribution is 7.97. The summed E-state index contributed by atoms with van der Waals surface area (Å²) in [5.74, 6) is -0.395. The van der Waals surface area contributed by atoms with Gasteiger partial charge in [-0.1, -0.05) is 6.92 Å². The van der Waals surface area contributed by atoms with E-state index < -0.39 is 10.9 Å². The van der Waals surface area contributed by atoms with Gasteiger partial charge in [0.05, 0.1) is 10.9 Å². The molecule has 1 aliphatic rings. The quantitative estimate of drug-likeness (QED) is 0.272. The van der Waals surface area contributed by atoms with E-state index in [1.54, 1.807) is 36.4 Å². The summed E-state index contributed by atoms with van der Waals surface area (Å²) >= 11 is 0. The van der Waals surface area contributed by atoms with Gasteiger partial charge in [0.25, 0.3) is 0 Å². The number of hydrogen-bond acceptors (Lipinski definition) is 3. The molecule has 0 amide bonds. The number of hydrogen-bond donors (Lipinski definition) is 0. The van der Waals surface area contributed by atoms with E-state index in [2.05, 4.69) is 6.92 Å². The third kappa shape index (κ3) is 5.74. The van der Waals surface area contributed by atoms with Crippen molar-refractivity contribution in [1.29, 1.82) is 0 Å². The minimum atomic E-state index is -0.543. The van der Waals surface area contributed by atoms with Gasteiger partial charge in [-0.15, -0.1) is 0 Å². The van der Waals surface area contributed by atoms with Crippen LogP contribution in [0.5, 0.6) is 5.75 Å². The molecular formula is C27H27F2O3S+. The first kappa shape index (κ1) is 23.3. The minimum Gasteiger partial charge on any atom is -0.482 e. The van der Waals surface area contributed by atoms with Crippen LogP contribution in [-0.4, -0.2) is 18.2 Å². The molecule has 0 spiro atoms. The molecule has 4 rings (SSSR count). The Balaban J connectivity index is 1.47. The van der Waals surface area contributed by atoms with Crippen molar-refractivity contribution < 1.29 is 23.0 Å². The Morgan fingerprint density at radius 3 is 1.73 bits per heavy atom. The van der Waals surface area contributed by atoms with Gasteiger partial charge in [0.2, 0.25) is 0 Å². The third-order valence-electron chi connectivity index (χ3n) is 6.00. The van der Waals surface area contributed by atoms with Gasteiger partial charge in [-0.05, 0) is 105 Å². The Kier molecular flexibility index (Phi) is 7.33. The van der Waals surface area contributed by atoms with Crippen molar-refractivity contribution in [3.63, 3.8) is 0 Å². The molecule has 0 bridgehead atoms. The summed E-state index contributed by atoms with van der Waals surface area (Å²) in [6, 6.07) is 20.1. The average Bonchev–Trinajstić information content (AvgIpc) is 3.30. The minimum absolute atomic E-state index is 0.136. The average molecular weight is 470 g/mol. The fraction of sp³-hybridized carbons (Fsp3) is 0.296. The van der Waals surface area contributed by atoms with Crippen molar-refractivity contribution in [3.8, 4) is 5.75 Å². The van der Waals surface area contributed by atoms with Crippen molar-refractivity contribution in [2.75, 3.05) is 6.61 Å². The van der Waals surface area contributed by atoms with Gasteiger partial charge in [0.1, 0.15) is 23.0 Å². The van der Waals surface area contributed by atoms with Crippen LogP contribution in [0.3, 0.4) is 0 Å². The molecule has 3 aromatic carbocycles. The zero-order valence-corrected chi connectivity index (χ0v) is 19.4. The van der Waals surface area contributed by atoms with Crippen LogP contribution in [0.2, 0.25) is 0 Å². The predicted molar refractivity (Wildman–Crippen MR) is 124 cm³/mol. The number of ether oxygens (including phenoxy) is 2. The van der Waals surface area contributed by atoms with E-state index in [1.807, 2.05) is 12.1 Å². The second kappa shape index (κ2) is 10.4. The summed E-state index contributed by atoms with van der Waals surface area (Å²) in [7, 11) is -0.543. The summed E-state index contributed by atoms with van der Waals surface area (Å²) < 4.78 is 38.4. The van der Waals surface area contributed by atoms with E-state index >= 15 is 0 Å². The first-order valence-electron chi connectivity index (χ1n) is 11.2. The molecule has 1 fully saturated rings. The molecule has 0 unspecified atom stereocenters. The summed E-state index contributed by atoms with van der Waals surface area (Å²) in [5, 5.41) is 0. The van der Waals surface area contributed by atoms with E-state index in [0.717, 1.165) is 46.8 Å². The van der Waals surface area contributed by atoms with Gasteiger partial charge >= 0.3 is 5.97 Å². The number of rotatable bonds is 8. The number of carbonyl (C=O) groups is 1. The normalized spacial score (nSPS) is 14.9. The van der Waals surface area contributed by atoms with Crippen LogP contribution in [0, 0.1) is 11.6 Å². The Hall–Kier alpha value is -2.86. The molecular weight excluding hydrogens is 442 g/mol. The maximum absolute atomic E-state index is 13.5. The predicted octanol–water partition coefficient (Wildman–Crippen LogP) is 6.71. The van der Waals surface area contributed by atoms with Gasteiger partial charge < -0.3 is 9.47 Å². The van der Waals surface area contributed by atoms with E-state index in [-0.39, 0.29) is 29.8 Å². The van der Waals surface area contributed by atoms with Crippen LogP contribution in [-0.2, 0) is 20.4 Å². The lowest BCUT2D eigenvalue weighted by Crippen LogP contribution is -2.33. The van der Waals surface area contributed by atoms with Crippen LogP contribution in [0.25, 0.3) is 0 Å². The number of esters is 1. The Labute approximate surface area is 196 Å². The third-order valence-corrected chi connectivity index (χ3v) is 8.23. The van der Waals surface area contributed by atoms with Crippen molar-refractivity contribution in [3.05, 3.63) is 84.4 Å². The summed E-state index contributed by atoms with van der Waals surface area (Å²) in [6.45, 7) is 1.92. The van der Waals surface area contributed by atoms with E-state index in [1.165, 1.54) is 24.3 Å². The van der Waals surface area contributed by atoms with E-state index in [9.17, 15) is 13.6 Å². The highest BCUT2D eigenvalue weighted by Gasteiger charge is 2.36. The van der Waals surface area contributed by atoms with Crippen molar-refractivity contribution in [2.45, 2.75) is 59.3 Å². The monoisotopic (exact) mass is 469 g/mol.